The summed E-state index contributed by atoms with van der Waals surface area (Å²) in [6.07, 6.45) is -2.22. The van der Waals surface area contributed by atoms with Crippen LogP contribution in [0.4, 0.5) is 9.18 Å². The van der Waals surface area contributed by atoms with Gasteiger partial charge in [0, 0.05) is 62.2 Å². The van der Waals surface area contributed by atoms with Gasteiger partial charge in [0.1, 0.15) is 42.7 Å². The van der Waals surface area contributed by atoms with Gasteiger partial charge in [-0.2, -0.15) is 0 Å². The van der Waals surface area contributed by atoms with Gasteiger partial charge in [0.05, 0.1) is 35.0 Å². The summed E-state index contributed by atoms with van der Waals surface area (Å²) in [4.78, 5) is 57.7. The zero-order chi connectivity index (χ0) is 49.2. The molecule has 0 aliphatic carbocycles. The molecule has 3 saturated heterocycles. The van der Waals surface area contributed by atoms with Crippen molar-refractivity contribution in [2.24, 2.45) is 35.4 Å². The molecule has 4 heterocycles. The standard InChI is InChI=1S/C45H69FN6O13S/c1-12-35-45(8)39(52(47)43(58)65-45)26(4)36(54)24(2)20-44(7,61-10)40(27(5)37(55)28(6)41(57)63-35)64-42-32(23-53)33(19-25(3)62-42)50(9)18-17-30-22-51(49-48-30)34(21-46)38(56)29-13-15-31(16-14-29)66(11,59)60/h13-16,22,24-28,32-35,38-40,42,53,56H,12,17-21,23,47H2,1-11H3/t24-,25-,26+,27+,28-,32-,33+,34-,35-,38-,39-,40-,42+,44-,45-/m1/s1. The van der Waals surface area contributed by atoms with E-state index in [-0.39, 0.29) is 36.2 Å². The molecule has 3 aliphatic rings. The number of aromatic nitrogens is 3. The molecule has 1 aromatic heterocycles. The van der Waals surface area contributed by atoms with Crippen LogP contribution in [-0.4, -0.2) is 155 Å². The fourth-order valence-electron chi connectivity index (χ4n) is 10.2. The Morgan fingerprint density at radius 2 is 1.71 bits per heavy atom. The van der Waals surface area contributed by atoms with Crippen molar-refractivity contribution in [1.29, 1.82) is 0 Å². The van der Waals surface area contributed by atoms with E-state index in [1.54, 1.807) is 47.7 Å². The summed E-state index contributed by atoms with van der Waals surface area (Å²) in [6, 6.07) is 3.07. The molecule has 4 N–H and O–H groups in total. The average Bonchev–Trinajstić information content (AvgIpc) is 3.84. The third kappa shape index (κ3) is 10.8. The first-order valence-corrected chi connectivity index (χ1v) is 24.4. The molecule has 66 heavy (non-hydrogen) atoms. The fraction of sp³-hybridized carbons (Fsp3) is 0.733. The third-order valence-electron chi connectivity index (χ3n) is 14.2. The van der Waals surface area contributed by atoms with Crippen molar-refractivity contribution in [3.8, 4) is 0 Å². The molecule has 1 aromatic carbocycles. The molecule has 0 spiro atoms. The Morgan fingerprint density at radius 3 is 2.29 bits per heavy atom. The Bertz CT molecular complexity index is 2150. The monoisotopic (exact) mass is 952 g/mol. The van der Waals surface area contributed by atoms with E-state index in [0.717, 1.165) is 11.3 Å². The first-order chi connectivity index (χ1) is 30.9. The number of likely N-dealkylation sites (N-methyl/N-ethyl adjacent to an activating group) is 1. The van der Waals surface area contributed by atoms with Crippen LogP contribution in [0.2, 0.25) is 0 Å². The number of cyclic esters (lactones) is 1. The molecule has 2 aromatic rings. The number of nitrogens with two attached hydrogens (primary N) is 1. The number of alkyl halides is 1. The summed E-state index contributed by atoms with van der Waals surface area (Å²) in [5, 5.41) is 31.2. The highest BCUT2D eigenvalue weighted by Gasteiger charge is 2.60. The van der Waals surface area contributed by atoms with E-state index in [4.69, 9.17) is 29.5 Å². The third-order valence-corrected chi connectivity index (χ3v) is 15.3. The number of rotatable bonds is 14. The van der Waals surface area contributed by atoms with E-state index in [1.807, 2.05) is 18.9 Å². The normalized spacial score (nSPS) is 35.0. The van der Waals surface area contributed by atoms with Crippen LogP contribution in [0.5, 0.6) is 0 Å². The molecule has 15 atom stereocenters. The predicted molar refractivity (Wildman–Crippen MR) is 236 cm³/mol. The molecule has 0 saturated carbocycles. The number of methoxy groups -OCH3 is 1. The SMILES string of the molecule is CC[C@H]1OC(=O)[C@H](C)C(=O)[C@H](C)[C@@H](O[C@@H]2O[C@H](C)C[C@H](N(C)CCc3cn([C@H](CF)[C@H](O)c4ccc(S(C)(=O)=O)cc4)nn3)[C@H]2CO)[C@](C)(OC)C[C@@H](C)C(=O)[C@H](C)[C@H]2N(N)C(=O)O[C@]12C. The Labute approximate surface area is 386 Å². The molecule has 0 bridgehead atoms. The lowest BCUT2D eigenvalue weighted by Gasteiger charge is -2.48. The zero-order valence-corrected chi connectivity index (χ0v) is 40.6. The highest BCUT2D eigenvalue weighted by atomic mass is 32.2. The number of esters is 1. The molecule has 0 radical (unpaired) electrons. The number of nitrogens with zero attached hydrogens (tertiary/aromatic N) is 5. The Kier molecular flexibility index (Phi) is 17.0. The number of carbonyl (C=O) groups is 4. The van der Waals surface area contributed by atoms with Gasteiger partial charge in [0.15, 0.2) is 27.5 Å². The van der Waals surface area contributed by atoms with Gasteiger partial charge in [0.25, 0.3) is 0 Å². The summed E-state index contributed by atoms with van der Waals surface area (Å²) >= 11 is 0. The number of hydrazine groups is 1. The number of Topliss-reactive ketones (excluding diaryl/α,β-unsaturated/α-hetero) is 2. The van der Waals surface area contributed by atoms with Crippen molar-refractivity contribution in [2.45, 2.75) is 146 Å². The Hall–Kier alpha value is -3.96. The number of ketones is 2. The first kappa shape index (κ1) is 53.0. The van der Waals surface area contributed by atoms with Crippen molar-refractivity contribution >= 4 is 33.5 Å². The van der Waals surface area contributed by atoms with Crippen LogP contribution < -0.4 is 5.84 Å². The molecule has 19 nitrogen and oxygen atoms in total. The smallest absolute Gasteiger partial charge is 0.425 e. The molecule has 3 fully saturated rings. The van der Waals surface area contributed by atoms with Crippen LogP contribution in [0.3, 0.4) is 0 Å². The summed E-state index contributed by atoms with van der Waals surface area (Å²) in [7, 11) is -0.153. The van der Waals surface area contributed by atoms with E-state index >= 15 is 0 Å². The summed E-state index contributed by atoms with van der Waals surface area (Å²) in [5.41, 5.74) is -2.07. The second kappa shape index (κ2) is 21.1. The van der Waals surface area contributed by atoms with Gasteiger partial charge in [-0.15, -0.1) is 5.10 Å². The largest absolute Gasteiger partial charge is 0.458 e. The van der Waals surface area contributed by atoms with Crippen molar-refractivity contribution in [3.05, 3.63) is 41.7 Å². The van der Waals surface area contributed by atoms with E-state index < -0.39 is 118 Å². The molecule has 5 rings (SSSR count). The number of halogens is 1. The van der Waals surface area contributed by atoms with Crippen LogP contribution in [0.25, 0.3) is 0 Å². The lowest BCUT2D eigenvalue weighted by atomic mass is 9.73. The number of ether oxygens (including phenoxy) is 5. The number of carbonyl (C=O) groups excluding carboxylic acids is 4. The van der Waals surface area contributed by atoms with E-state index in [0.29, 0.717) is 30.6 Å². The predicted octanol–water partition coefficient (Wildman–Crippen LogP) is 3.16. The maximum absolute atomic E-state index is 14.4. The van der Waals surface area contributed by atoms with Crippen molar-refractivity contribution < 1.29 is 65.9 Å². The van der Waals surface area contributed by atoms with Crippen LogP contribution in [0.1, 0.15) is 98.1 Å². The summed E-state index contributed by atoms with van der Waals surface area (Å²) in [6.45, 7) is 12.4. The quantitative estimate of drug-likeness (QED) is 0.106. The molecular formula is C45H69FN6O13S. The van der Waals surface area contributed by atoms with Crippen molar-refractivity contribution in [2.75, 3.05) is 40.2 Å². The number of aliphatic hydroxyl groups is 2. The molecule has 3 aliphatic heterocycles. The number of sulfone groups is 1. The van der Waals surface area contributed by atoms with Gasteiger partial charge in [-0.05, 0) is 71.7 Å². The number of hydrogen-bond donors (Lipinski definition) is 3. The van der Waals surface area contributed by atoms with Gasteiger partial charge < -0.3 is 38.8 Å². The van der Waals surface area contributed by atoms with Gasteiger partial charge in [-0.1, -0.05) is 45.0 Å². The van der Waals surface area contributed by atoms with Crippen LogP contribution in [0, 0.1) is 29.6 Å². The second-order valence-electron chi connectivity index (χ2n) is 18.9. The molecule has 1 amide bonds. The molecule has 0 unspecified atom stereocenters. The minimum atomic E-state index is -3.47. The van der Waals surface area contributed by atoms with Crippen LogP contribution in [-0.2, 0) is 54.3 Å². The van der Waals surface area contributed by atoms with Crippen molar-refractivity contribution in [3.63, 3.8) is 0 Å². The van der Waals surface area contributed by atoms with Crippen LogP contribution in [0.15, 0.2) is 35.4 Å². The number of hydrogen-bond acceptors (Lipinski definition) is 17. The minimum Gasteiger partial charge on any atom is -0.458 e. The minimum absolute atomic E-state index is 0.0413. The van der Waals surface area contributed by atoms with Gasteiger partial charge in [-0.25, -0.2) is 33.1 Å². The van der Waals surface area contributed by atoms with E-state index in [2.05, 4.69) is 10.3 Å². The molecule has 370 valence electrons. The number of benzene rings is 1. The highest BCUT2D eigenvalue weighted by Crippen LogP contribution is 2.42. The zero-order valence-electron chi connectivity index (χ0n) is 39.8. The number of aliphatic hydroxyl groups excluding tert-OH is 2. The topological polar surface area (TPSA) is 252 Å². The lowest BCUT2D eigenvalue weighted by Crippen LogP contribution is -2.60. The Balaban J connectivity index is 1.38. The van der Waals surface area contributed by atoms with Gasteiger partial charge in [-0.3, -0.25) is 14.4 Å². The summed E-state index contributed by atoms with van der Waals surface area (Å²) in [5.74, 6) is -0.0519. The average molecular weight is 953 g/mol. The summed E-state index contributed by atoms with van der Waals surface area (Å²) < 4.78 is 70.6. The van der Waals surface area contributed by atoms with E-state index in [1.165, 1.54) is 43.0 Å². The first-order valence-electron chi connectivity index (χ1n) is 22.5. The maximum Gasteiger partial charge on any atom is 0.425 e. The van der Waals surface area contributed by atoms with Gasteiger partial charge in [0.2, 0.25) is 0 Å². The van der Waals surface area contributed by atoms with Crippen LogP contribution >= 0.6 is 0 Å². The van der Waals surface area contributed by atoms with Gasteiger partial charge >= 0.3 is 12.1 Å². The number of amides is 1. The van der Waals surface area contributed by atoms with E-state index in [9.17, 15) is 42.2 Å². The Morgan fingerprint density at radius 1 is 1.06 bits per heavy atom. The molecule has 21 heteroatoms. The molecular weight excluding hydrogens is 884 g/mol. The second-order valence-corrected chi connectivity index (χ2v) is 20.9. The fourth-order valence-corrected chi connectivity index (χ4v) is 10.8. The lowest BCUT2D eigenvalue weighted by molar-refractivity contribution is -0.287. The highest BCUT2D eigenvalue weighted by molar-refractivity contribution is 7.90. The number of fused-ring (bicyclic) bond motifs is 1. The van der Waals surface area contributed by atoms with Crippen molar-refractivity contribution in [1.82, 2.24) is 24.9 Å². The maximum atomic E-state index is 14.4.